The molecule has 0 bridgehead atoms. The molecule has 0 heterocycles. The normalized spacial score (nSPS) is 26.4. The fourth-order valence-electron chi connectivity index (χ4n) is 3.29. The molecule has 0 saturated heterocycles. The molecule has 2 N–H and O–H groups in total. The zero-order chi connectivity index (χ0) is 14.0. The molecule has 0 amide bonds. The van der Waals surface area contributed by atoms with Crippen molar-refractivity contribution < 1.29 is 4.79 Å². The molecule has 1 saturated carbocycles. The van der Waals surface area contributed by atoms with Gasteiger partial charge in [-0.15, -0.1) is 0 Å². The molecular formula is C18H19NO. The number of ketones is 1. The van der Waals surface area contributed by atoms with Gasteiger partial charge in [0, 0.05) is 12.3 Å². The molecule has 0 aliphatic heterocycles. The largest absolute Gasteiger partial charge is 0.315 e. The average molecular weight is 265 g/mol. The van der Waals surface area contributed by atoms with Crippen LogP contribution >= 0.6 is 0 Å². The van der Waals surface area contributed by atoms with Crippen LogP contribution in [0.15, 0.2) is 60.7 Å². The summed E-state index contributed by atoms with van der Waals surface area (Å²) in [4.78, 5) is 12.6. The lowest BCUT2D eigenvalue weighted by Crippen LogP contribution is -2.52. The van der Waals surface area contributed by atoms with E-state index < -0.39 is 5.54 Å². The predicted molar refractivity (Wildman–Crippen MR) is 80.3 cm³/mol. The highest BCUT2D eigenvalue weighted by atomic mass is 16.1. The average Bonchev–Trinajstić information content (AvgIpc) is 2.52. The van der Waals surface area contributed by atoms with E-state index in [1.807, 2.05) is 48.5 Å². The Morgan fingerprint density at radius 3 is 2.20 bits per heavy atom. The summed E-state index contributed by atoms with van der Waals surface area (Å²) < 4.78 is 0. The second-order valence-electron chi connectivity index (χ2n) is 5.51. The maximum Gasteiger partial charge on any atom is 0.157 e. The zero-order valence-electron chi connectivity index (χ0n) is 11.5. The van der Waals surface area contributed by atoms with Gasteiger partial charge in [-0.05, 0) is 24.0 Å². The topological polar surface area (TPSA) is 43.1 Å². The van der Waals surface area contributed by atoms with Crippen LogP contribution in [0.2, 0.25) is 0 Å². The van der Waals surface area contributed by atoms with Gasteiger partial charge in [0.15, 0.2) is 5.78 Å². The number of hydrogen-bond acceptors (Lipinski definition) is 2. The molecule has 2 nitrogen and oxygen atoms in total. The van der Waals surface area contributed by atoms with Crippen LogP contribution in [0.3, 0.4) is 0 Å². The van der Waals surface area contributed by atoms with Crippen molar-refractivity contribution in [2.24, 2.45) is 5.73 Å². The van der Waals surface area contributed by atoms with Gasteiger partial charge in [-0.2, -0.15) is 0 Å². The van der Waals surface area contributed by atoms with Gasteiger partial charge >= 0.3 is 0 Å². The van der Waals surface area contributed by atoms with Gasteiger partial charge in [0.25, 0.3) is 0 Å². The molecule has 0 aromatic heterocycles. The molecule has 0 radical (unpaired) electrons. The lowest BCUT2D eigenvalue weighted by atomic mass is 9.66. The Labute approximate surface area is 119 Å². The number of nitrogens with two attached hydrogens (primary N) is 1. The van der Waals surface area contributed by atoms with Gasteiger partial charge < -0.3 is 5.73 Å². The quantitative estimate of drug-likeness (QED) is 0.904. The molecule has 2 heteroatoms. The minimum Gasteiger partial charge on any atom is -0.315 e. The number of Topliss-reactive ketones (excluding diaryl/α,β-unsaturated/α-hetero) is 1. The maximum absolute atomic E-state index is 12.6. The Kier molecular flexibility index (Phi) is 3.41. The molecule has 2 atom stereocenters. The fourth-order valence-corrected chi connectivity index (χ4v) is 3.29. The van der Waals surface area contributed by atoms with Crippen LogP contribution in [0, 0.1) is 0 Å². The summed E-state index contributed by atoms with van der Waals surface area (Å²) >= 11 is 0. The zero-order valence-corrected chi connectivity index (χ0v) is 11.5. The Morgan fingerprint density at radius 2 is 1.55 bits per heavy atom. The van der Waals surface area contributed by atoms with E-state index in [9.17, 15) is 4.79 Å². The lowest BCUT2D eigenvalue weighted by Gasteiger charge is -2.40. The van der Waals surface area contributed by atoms with Crippen molar-refractivity contribution in [2.45, 2.75) is 30.7 Å². The van der Waals surface area contributed by atoms with Crippen LogP contribution < -0.4 is 5.73 Å². The summed E-state index contributed by atoms with van der Waals surface area (Å²) in [6.07, 6.45) is 2.46. The van der Waals surface area contributed by atoms with Crippen molar-refractivity contribution in [2.75, 3.05) is 0 Å². The van der Waals surface area contributed by atoms with Gasteiger partial charge in [0.2, 0.25) is 0 Å². The smallest absolute Gasteiger partial charge is 0.157 e. The van der Waals surface area contributed by atoms with Crippen LogP contribution in [-0.4, -0.2) is 5.78 Å². The van der Waals surface area contributed by atoms with Crippen molar-refractivity contribution in [3.05, 3.63) is 71.8 Å². The van der Waals surface area contributed by atoms with Gasteiger partial charge in [-0.25, -0.2) is 0 Å². The van der Waals surface area contributed by atoms with E-state index in [0.29, 0.717) is 6.42 Å². The van der Waals surface area contributed by atoms with E-state index in [1.165, 1.54) is 0 Å². The standard InChI is InChI=1S/C18H19NO/c19-18(15-10-5-2-6-11-15)16(12-7-13-17(18)20)14-8-3-1-4-9-14/h1-6,8-11,16H,7,12-13,19H2. The summed E-state index contributed by atoms with van der Waals surface area (Å²) in [7, 11) is 0. The molecule has 0 spiro atoms. The van der Waals surface area contributed by atoms with Crippen LogP contribution in [0.4, 0.5) is 0 Å². The highest BCUT2D eigenvalue weighted by Crippen LogP contribution is 2.43. The predicted octanol–water partition coefficient (Wildman–Crippen LogP) is 3.38. The van der Waals surface area contributed by atoms with Gasteiger partial charge in [-0.1, -0.05) is 60.7 Å². The molecule has 1 aliphatic carbocycles. The van der Waals surface area contributed by atoms with Crippen LogP contribution in [-0.2, 0) is 10.3 Å². The second-order valence-corrected chi connectivity index (χ2v) is 5.51. The summed E-state index contributed by atoms with van der Waals surface area (Å²) in [5, 5.41) is 0. The van der Waals surface area contributed by atoms with E-state index in [0.717, 1.165) is 24.0 Å². The molecular weight excluding hydrogens is 246 g/mol. The van der Waals surface area contributed by atoms with Crippen molar-refractivity contribution in [1.82, 2.24) is 0 Å². The Hall–Kier alpha value is -1.93. The molecule has 1 aliphatic rings. The van der Waals surface area contributed by atoms with Crippen molar-refractivity contribution >= 4 is 5.78 Å². The van der Waals surface area contributed by atoms with Crippen molar-refractivity contribution in [3.8, 4) is 0 Å². The summed E-state index contributed by atoms with van der Waals surface area (Å²) in [6, 6.07) is 20.0. The van der Waals surface area contributed by atoms with Crippen LogP contribution in [0.25, 0.3) is 0 Å². The third-order valence-electron chi connectivity index (χ3n) is 4.36. The monoisotopic (exact) mass is 265 g/mol. The van der Waals surface area contributed by atoms with E-state index in [4.69, 9.17) is 5.73 Å². The van der Waals surface area contributed by atoms with Crippen molar-refractivity contribution in [3.63, 3.8) is 0 Å². The highest BCUT2D eigenvalue weighted by Gasteiger charge is 2.45. The molecule has 1 fully saturated rings. The Balaban J connectivity index is 2.10. The highest BCUT2D eigenvalue weighted by molar-refractivity contribution is 5.91. The third kappa shape index (κ3) is 2.06. The van der Waals surface area contributed by atoms with Gasteiger partial charge in [-0.3, -0.25) is 4.79 Å². The van der Waals surface area contributed by atoms with E-state index in [1.54, 1.807) is 0 Å². The summed E-state index contributed by atoms with van der Waals surface area (Å²) in [6.45, 7) is 0. The lowest BCUT2D eigenvalue weighted by molar-refractivity contribution is -0.127. The fraction of sp³-hybridized carbons (Fsp3) is 0.278. The number of benzene rings is 2. The molecule has 102 valence electrons. The first-order valence-electron chi connectivity index (χ1n) is 7.15. The van der Waals surface area contributed by atoms with Crippen LogP contribution in [0.5, 0.6) is 0 Å². The van der Waals surface area contributed by atoms with E-state index >= 15 is 0 Å². The van der Waals surface area contributed by atoms with E-state index in [-0.39, 0.29) is 11.7 Å². The van der Waals surface area contributed by atoms with Crippen LogP contribution in [0.1, 0.15) is 36.3 Å². The van der Waals surface area contributed by atoms with E-state index in [2.05, 4.69) is 12.1 Å². The van der Waals surface area contributed by atoms with Crippen molar-refractivity contribution in [1.29, 1.82) is 0 Å². The first kappa shape index (κ1) is 13.1. The molecule has 3 rings (SSSR count). The maximum atomic E-state index is 12.6. The Bertz CT molecular complexity index is 593. The summed E-state index contributed by atoms with van der Waals surface area (Å²) in [5.74, 6) is 0.219. The minimum atomic E-state index is -0.888. The first-order valence-corrected chi connectivity index (χ1v) is 7.15. The number of hydrogen-bond donors (Lipinski definition) is 1. The van der Waals surface area contributed by atoms with Gasteiger partial charge in [0.1, 0.15) is 5.54 Å². The molecule has 2 aromatic carbocycles. The SMILES string of the molecule is NC1(c2ccccc2)C(=O)CCCC1c1ccccc1. The number of rotatable bonds is 2. The molecule has 2 aromatic rings. The number of carbonyl (C=O) groups is 1. The second kappa shape index (κ2) is 5.22. The molecule has 2 unspecified atom stereocenters. The third-order valence-corrected chi connectivity index (χ3v) is 4.36. The number of carbonyl (C=O) groups excluding carboxylic acids is 1. The molecule has 20 heavy (non-hydrogen) atoms. The van der Waals surface area contributed by atoms with Gasteiger partial charge in [0.05, 0.1) is 0 Å². The first-order chi connectivity index (χ1) is 9.73. The Morgan fingerprint density at radius 1 is 0.950 bits per heavy atom. The summed E-state index contributed by atoms with van der Waals surface area (Å²) in [5.41, 5.74) is 7.85. The minimum absolute atomic E-state index is 0.0624.